The minimum absolute atomic E-state index is 0.345. The highest BCUT2D eigenvalue weighted by Gasteiger charge is 2.24. The summed E-state index contributed by atoms with van der Waals surface area (Å²) in [6.07, 6.45) is 5.29. The average molecular weight is 290 g/mol. The summed E-state index contributed by atoms with van der Waals surface area (Å²) < 4.78 is 11.0. The Bertz CT molecular complexity index is 429. The van der Waals surface area contributed by atoms with Crippen molar-refractivity contribution in [1.82, 2.24) is 0 Å². The molecule has 0 radical (unpaired) electrons. The van der Waals surface area contributed by atoms with Gasteiger partial charge in [0.1, 0.15) is 0 Å². The van der Waals surface area contributed by atoms with Crippen LogP contribution in [0.1, 0.15) is 25.7 Å². The van der Waals surface area contributed by atoms with E-state index in [1.807, 2.05) is 7.11 Å². The second kappa shape index (κ2) is 7.14. The molecule has 3 rings (SSSR count). The molecular weight excluding hydrogens is 264 g/mol. The van der Waals surface area contributed by atoms with E-state index < -0.39 is 0 Å². The van der Waals surface area contributed by atoms with E-state index in [1.54, 1.807) is 0 Å². The first kappa shape index (κ1) is 14.7. The molecule has 2 aliphatic rings. The maximum Gasteiger partial charge on any atom is 0.0772 e. The van der Waals surface area contributed by atoms with Crippen molar-refractivity contribution in [3.63, 3.8) is 0 Å². The van der Waals surface area contributed by atoms with Gasteiger partial charge in [0.25, 0.3) is 0 Å². The molecule has 1 heterocycles. The Balaban J connectivity index is 1.61. The van der Waals surface area contributed by atoms with Crippen LogP contribution in [0.5, 0.6) is 0 Å². The molecule has 21 heavy (non-hydrogen) atoms. The Kier molecular flexibility index (Phi) is 4.99. The molecule has 0 spiro atoms. The molecule has 1 aliphatic carbocycles. The first-order valence-corrected chi connectivity index (χ1v) is 8.09. The number of hydrogen-bond donors (Lipinski definition) is 1. The normalized spacial score (nSPS) is 26.6. The summed E-state index contributed by atoms with van der Waals surface area (Å²) in [5.41, 5.74) is 2.48. The van der Waals surface area contributed by atoms with Gasteiger partial charge in [-0.1, -0.05) is 12.8 Å². The van der Waals surface area contributed by atoms with Gasteiger partial charge in [0, 0.05) is 31.6 Å². The van der Waals surface area contributed by atoms with Crippen molar-refractivity contribution in [2.24, 2.45) is 0 Å². The highest BCUT2D eigenvalue weighted by atomic mass is 16.5. The van der Waals surface area contributed by atoms with Gasteiger partial charge in [0.15, 0.2) is 0 Å². The van der Waals surface area contributed by atoms with E-state index in [0.717, 1.165) is 26.3 Å². The minimum atomic E-state index is 0.345. The molecule has 0 amide bonds. The zero-order valence-corrected chi connectivity index (χ0v) is 12.9. The molecule has 4 nitrogen and oxygen atoms in total. The second-order valence-electron chi connectivity index (χ2n) is 5.96. The monoisotopic (exact) mass is 290 g/mol. The molecule has 2 unspecified atom stereocenters. The first-order chi connectivity index (χ1) is 10.4. The Morgan fingerprint density at radius 2 is 1.81 bits per heavy atom. The third kappa shape index (κ3) is 3.69. The molecule has 116 valence electrons. The lowest BCUT2D eigenvalue weighted by atomic mass is 9.92. The number of methoxy groups -OCH3 is 1. The number of benzene rings is 1. The summed E-state index contributed by atoms with van der Waals surface area (Å²) in [5, 5.41) is 3.64. The molecule has 2 atom stereocenters. The van der Waals surface area contributed by atoms with Crippen LogP contribution in [0.25, 0.3) is 0 Å². The fourth-order valence-corrected chi connectivity index (χ4v) is 3.35. The van der Waals surface area contributed by atoms with Crippen molar-refractivity contribution < 1.29 is 9.47 Å². The summed E-state index contributed by atoms with van der Waals surface area (Å²) in [4.78, 5) is 2.38. The van der Waals surface area contributed by atoms with Crippen LogP contribution in [0.3, 0.4) is 0 Å². The van der Waals surface area contributed by atoms with Crippen LogP contribution < -0.4 is 10.2 Å². The number of nitrogens with zero attached hydrogens (tertiary/aromatic N) is 1. The summed E-state index contributed by atoms with van der Waals surface area (Å²) in [6, 6.07) is 9.23. The lowest BCUT2D eigenvalue weighted by Gasteiger charge is -2.32. The molecule has 1 N–H and O–H groups in total. The quantitative estimate of drug-likeness (QED) is 0.924. The standard InChI is InChI=1S/C17H26N2O2/c1-20-17-5-3-2-4-16(17)18-14-6-8-15(9-7-14)19-10-12-21-13-11-19/h6-9,16-18H,2-5,10-13H2,1H3. The lowest BCUT2D eigenvalue weighted by molar-refractivity contribution is 0.0606. The Morgan fingerprint density at radius 1 is 1.10 bits per heavy atom. The van der Waals surface area contributed by atoms with E-state index >= 15 is 0 Å². The Labute approximate surface area is 127 Å². The van der Waals surface area contributed by atoms with Crippen molar-refractivity contribution in [1.29, 1.82) is 0 Å². The highest BCUT2D eigenvalue weighted by molar-refractivity contribution is 5.55. The number of ether oxygens (including phenoxy) is 2. The molecule has 1 aromatic rings. The van der Waals surface area contributed by atoms with Crippen LogP contribution in [0.15, 0.2) is 24.3 Å². The Morgan fingerprint density at radius 3 is 2.52 bits per heavy atom. The summed E-state index contributed by atoms with van der Waals surface area (Å²) in [7, 11) is 1.83. The second-order valence-corrected chi connectivity index (χ2v) is 5.96. The molecule has 1 saturated heterocycles. The van der Waals surface area contributed by atoms with Crippen LogP contribution >= 0.6 is 0 Å². The minimum Gasteiger partial charge on any atom is -0.380 e. The van der Waals surface area contributed by atoms with E-state index in [2.05, 4.69) is 34.5 Å². The van der Waals surface area contributed by atoms with Crippen molar-refractivity contribution in [2.75, 3.05) is 43.6 Å². The van der Waals surface area contributed by atoms with Gasteiger partial charge >= 0.3 is 0 Å². The largest absolute Gasteiger partial charge is 0.380 e. The number of hydrogen-bond acceptors (Lipinski definition) is 4. The van der Waals surface area contributed by atoms with E-state index in [0.29, 0.717) is 12.1 Å². The van der Waals surface area contributed by atoms with E-state index in [9.17, 15) is 0 Å². The molecule has 0 bridgehead atoms. The van der Waals surface area contributed by atoms with Gasteiger partial charge < -0.3 is 19.7 Å². The van der Waals surface area contributed by atoms with Crippen LogP contribution in [0, 0.1) is 0 Å². The van der Waals surface area contributed by atoms with Gasteiger partial charge in [-0.25, -0.2) is 0 Å². The zero-order chi connectivity index (χ0) is 14.5. The van der Waals surface area contributed by atoms with E-state index in [1.165, 1.54) is 37.1 Å². The van der Waals surface area contributed by atoms with E-state index in [4.69, 9.17) is 9.47 Å². The predicted octanol–water partition coefficient (Wildman–Crippen LogP) is 2.89. The zero-order valence-electron chi connectivity index (χ0n) is 12.9. The maximum absolute atomic E-state index is 5.61. The number of nitrogens with one attached hydrogen (secondary N) is 1. The first-order valence-electron chi connectivity index (χ1n) is 8.09. The SMILES string of the molecule is COC1CCCCC1Nc1ccc(N2CCOCC2)cc1. The van der Waals surface area contributed by atoms with Crippen molar-refractivity contribution in [2.45, 2.75) is 37.8 Å². The maximum atomic E-state index is 5.61. The molecular formula is C17H26N2O2. The van der Waals surface area contributed by atoms with Gasteiger partial charge in [0.2, 0.25) is 0 Å². The van der Waals surface area contributed by atoms with Crippen LogP contribution in [-0.4, -0.2) is 45.6 Å². The van der Waals surface area contributed by atoms with Gasteiger partial charge in [0.05, 0.1) is 25.4 Å². The number of morpholine rings is 1. The van der Waals surface area contributed by atoms with Crippen LogP contribution in [0.2, 0.25) is 0 Å². The summed E-state index contributed by atoms with van der Waals surface area (Å²) in [6.45, 7) is 3.64. The highest BCUT2D eigenvalue weighted by Crippen LogP contribution is 2.25. The lowest BCUT2D eigenvalue weighted by Crippen LogP contribution is -2.38. The number of anilines is 2. The van der Waals surface area contributed by atoms with E-state index in [-0.39, 0.29) is 0 Å². The van der Waals surface area contributed by atoms with Gasteiger partial charge in [-0.3, -0.25) is 0 Å². The fraction of sp³-hybridized carbons (Fsp3) is 0.647. The third-order valence-corrected chi connectivity index (χ3v) is 4.60. The van der Waals surface area contributed by atoms with Crippen molar-refractivity contribution in [3.05, 3.63) is 24.3 Å². The predicted molar refractivity (Wildman–Crippen MR) is 86.1 cm³/mol. The molecule has 2 fully saturated rings. The average Bonchev–Trinajstić information content (AvgIpc) is 2.57. The van der Waals surface area contributed by atoms with Crippen LogP contribution in [-0.2, 0) is 9.47 Å². The molecule has 1 aromatic carbocycles. The van der Waals surface area contributed by atoms with Crippen LogP contribution in [0.4, 0.5) is 11.4 Å². The molecule has 4 heteroatoms. The fourth-order valence-electron chi connectivity index (χ4n) is 3.35. The topological polar surface area (TPSA) is 33.7 Å². The summed E-state index contributed by atoms with van der Waals surface area (Å²) in [5.74, 6) is 0. The molecule has 1 aliphatic heterocycles. The Hall–Kier alpha value is -1.26. The van der Waals surface area contributed by atoms with Gasteiger partial charge in [-0.15, -0.1) is 0 Å². The third-order valence-electron chi connectivity index (χ3n) is 4.60. The van der Waals surface area contributed by atoms with Gasteiger partial charge in [-0.2, -0.15) is 0 Å². The summed E-state index contributed by atoms with van der Waals surface area (Å²) >= 11 is 0. The smallest absolute Gasteiger partial charge is 0.0772 e. The molecule has 0 aromatic heterocycles. The van der Waals surface area contributed by atoms with Crippen molar-refractivity contribution in [3.8, 4) is 0 Å². The van der Waals surface area contributed by atoms with Gasteiger partial charge in [-0.05, 0) is 37.1 Å². The molecule has 1 saturated carbocycles. The number of rotatable bonds is 4. The van der Waals surface area contributed by atoms with Crippen molar-refractivity contribution >= 4 is 11.4 Å².